The van der Waals surface area contributed by atoms with E-state index in [2.05, 4.69) is 28.2 Å². The molecule has 1 aliphatic heterocycles. The lowest BCUT2D eigenvalue weighted by atomic mass is 10.1. The average Bonchev–Trinajstić information content (AvgIpc) is 2.95. The van der Waals surface area contributed by atoms with Gasteiger partial charge < -0.3 is 4.74 Å². The van der Waals surface area contributed by atoms with Crippen molar-refractivity contribution in [2.24, 2.45) is 0 Å². The summed E-state index contributed by atoms with van der Waals surface area (Å²) < 4.78 is 10.7. The Morgan fingerprint density at radius 1 is 1.40 bits per heavy atom. The molecule has 0 aliphatic carbocycles. The summed E-state index contributed by atoms with van der Waals surface area (Å²) in [7, 11) is 0. The zero-order chi connectivity index (χ0) is 13.8. The van der Waals surface area contributed by atoms with Crippen LogP contribution in [0.4, 0.5) is 0 Å². The maximum atomic E-state index is 5.88. The van der Waals surface area contributed by atoms with Gasteiger partial charge in [0.25, 0.3) is 0 Å². The van der Waals surface area contributed by atoms with Crippen LogP contribution in [0, 0.1) is 0 Å². The van der Waals surface area contributed by atoms with Crippen molar-refractivity contribution < 1.29 is 9.37 Å². The molecule has 1 atom stereocenters. The summed E-state index contributed by atoms with van der Waals surface area (Å²) in [5.41, 5.74) is 2.89. The second kappa shape index (κ2) is 6.33. The van der Waals surface area contributed by atoms with Crippen molar-refractivity contribution in [1.82, 2.24) is 15.2 Å². The third-order valence-corrected chi connectivity index (χ3v) is 3.78. The number of piperidine rings is 1. The van der Waals surface area contributed by atoms with Gasteiger partial charge in [-0.1, -0.05) is 19.1 Å². The smallest absolute Gasteiger partial charge is 0.139 e. The lowest BCUT2D eigenvalue weighted by Crippen LogP contribution is -2.39. The minimum atomic E-state index is 0.373. The van der Waals surface area contributed by atoms with E-state index >= 15 is 0 Å². The number of likely N-dealkylation sites (tertiary alicyclic amines) is 1. The van der Waals surface area contributed by atoms with E-state index in [0.717, 1.165) is 43.7 Å². The van der Waals surface area contributed by atoms with Gasteiger partial charge in [-0.3, -0.25) is 4.90 Å². The van der Waals surface area contributed by atoms with E-state index in [1.165, 1.54) is 18.4 Å². The van der Waals surface area contributed by atoms with Crippen LogP contribution in [0.5, 0.6) is 0 Å². The predicted molar refractivity (Wildman–Crippen MR) is 76.3 cm³/mol. The molecular weight excluding hydrogens is 254 g/mol. The van der Waals surface area contributed by atoms with Crippen molar-refractivity contribution in [2.75, 3.05) is 19.7 Å². The van der Waals surface area contributed by atoms with Gasteiger partial charge in [-0.05, 0) is 47.8 Å². The monoisotopic (exact) mass is 275 g/mol. The fourth-order valence-corrected chi connectivity index (χ4v) is 2.81. The fraction of sp³-hybridized carbons (Fsp3) is 0.600. The summed E-state index contributed by atoms with van der Waals surface area (Å²) in [6, 6.07) is 6.04. The summed E-state index contributed by atoms with van der Waals surface area (Å²) >= 11 is 0. The standard InChI is InChI=1S/C15H21N3O2/c1-2-9-19-13-6-4-8-18(11-13)10-12-5-3-7-14-15(12)17-20-16-14/h3,5,7,13H,2,4,6,8-11H2,1H3/t13-/m0/s1. The number of hydrogen-bond donors (Lipinski definition) is 0. The second-order valence-corrected chi connectivity index (χ2v) is 5.42. The number of ether oxygens (including phenoxy) is 1. The molecule has 5 nitrogen and oxygen atoms in total. The molecular formula is C15H21N3O2. The first-order valence-corrected chi connectivity index (χ1v) is 7.41. The summed E-state index contributed by atoms with van der Waals surface area (Å²) in [5, 5.41) is 7.91. The zero-order valence-electron chi connectivity index (χ0n) is 11.9. The van der Waals surface area contributed by atoms with Crippen molar-refractivity contribution in [2.45, 2.75) is 38.8 Å². The molecule has 2 heterocycles. The molecule has 0 amide bonds. The highest BCUT2D eigenvalue weighted by Crippen LogP contribution is 2.20. The van der Waals surface area contributed by atoms with Gasteiger partial charge in [0.1, 0.15) is 11.0 Å². The van der Waals surface area contributed by atoms with Crippen LogP contribution in [0.25, 0.3) is 11.0 Å². The molecule has 1 aliphatic rings. The van der Waals surface area contributed by atoms with Crippen molar-refractivity contribution in [1.29, 1.82) is 0 Å². The maximum Gasteiger partial charge on any atom is 0.139 e. The van der Waals surface area contributed by atoms with Crippen LogP contribution in [0.3, 0.4) is 0 Å². The fourth-order valence-electron chi connectivity index (χ4n) is 2.81. The predicted octanol–water partition coefficient (Wildman–Crippen LogP) is 2.61. The molecule has 0 bridgehead atoms. The van der Waals surface area contributed by atoms with Crippen LogP contribution >= 0.6 is 0 Å². The highest BCUT2D eigenvalue weighted by molar-refractivity contribution is 5.76. The highest BCUT2D eigenvalue weighted by atomic mass is 16.6. The van der Waals surface area contributed by atoms with Crippen molar-refractivity contribution in [3.63, 3.8) is 0 Å². The molecule has 20 heavy (non-hydrogen) atoms. The van der Waals surface area contributed by atoms with E-state index in [1.54, 1.807) is 0 Å². The Hall–Kier alpha value is -1.46. The number of nitrogens with zero attached hydrogens (tertiary/aromatic N) is 3. The third kappa shape index (κ3) is 2.99. The molecule has 0 radical (unpaired) electrons. The van der Waals surface area contributed by atoms with Gasteiger partial charge in [0.15, 0.2) is 0 Å². The van der Waals surface area contributed by atoms with Crippen molar-refractivity contribution in [3.05, 3.63) is 23.8 Å². The minimum Gasteiger partial charge on any atom is -0.377 e. The molecule has 1 fully saturated rings. The average molecular weight is 275 g/mol. The topological polar surface area (TPSA) is 51.4 Å². The van der Waals surface area contributed by atoms with E-state index in [0.29, 0.717) is 6.10 Å². The van der Waals surface area contributed by atoms with Crippen molar-refractivity contribution >= 4 is 11.0 Å². The van der Waals surface area contributed by atoms with Gasteiger partial charge in [-0.15, -0.1) is 0 Å². The van der Waals surface area contributed by atoms with E-state index in [9.17, 15) is 0 Å². The summed E-state index contributed by atoms with van der Waals surface area (Å²) in [4.78, 5) is 2.44. The van der Waals surface area contributed by atoms with Gasteiger partial charge in [0, 0.05) is 19.7 Å². The van der Waals surface area contributed by atoms with E-state index in [1.807, 2.05) is 12.1 Å². The Labute approximate surface area is 118 Å². The molecule has 1 aromatic heterocycles. The number of benzene rings is 1. The Morgan fingerprint density at radius 3 is 3.25 bits per heavy atom. The molecule has 1 aromatic carbocycles. The molecule has 5 heteroatoms. The second-order valence-electron chi connectivity index (χ2n) is 5.42. The van der Waals surface area contributed by atoms with Crippen LogP contribution in [0.2, 0.25) is 0 Å². The van der Waals surface area contributed by atoms with Crippen LogP contribution in [0.15, 0.2) is 22.8 Å². The summed E-state index contributed by atoms with van der Waals surface area (Å²) in [6.45, 7) is 6.02. The van der Waals surface area contributed by atoms with Gasteiger partial charge in [0.2, 0.25) is 0 Å². The highest BCUT2D eigenvalue weighted by Gasteiger charge is 2.21. The SMILES string of the molecule is CCCO[C@H]1CCCN(Cc2cccc3nonc23)C1. The third-order valence-electron chi connectivity index (χ3n) is 3.78. The van der Waals surface area contributed by atoms with E-state index < -0.39 is 0 Å². The van der Waals surface area contributed by atoms with Gasteiger partial charge in [0.05, 0.1) is 6.10 Å². The Morgan fingerprint density at radius 2 is 2.35 bits per heavy atom. The summed E-state index contributed by atoms with van der Waals surface area (Å²) in [5.74, 6) is 0. The van der Waals surface area contributed by atoms with Crippen LogP contribution in [0.1, 0.15) is 31.7 Å². The first-order chi connectivity index (χ1) is 9.86. The number of fused-ring (bicyclic) bond motifs is 1. The lowest BCUT2D eigenvalue weighted by molar-refractivity contribution is -0.00214. The number of aromatic nitrogens is 2. The Kier molecular flexibility index (Phi) is 4.28. The first-order valence-electron chi connectivity index (χ1n) is 7.41. The molecule has 0 unspecified atom stereocenters. The maximum absolute atomic E-state index is 5.88. The number of rotatable bonds is 5. The Balaban J connectivity index is 1.66. The first kappa shape index (κ1) is 13.5. The minimum absolute atomic E-state index is 0.373. The van der Waals surface area contributed by atoms with Crippen molar-refractivity contribution in [3.8, 4) is 0 Å². The van der Waals surface area contributed by atoms with Crippen LogP contribution < -0.4 is 0 Å². The molecule has 2 aromatic rings. The molecule has 108 valence electrons. The lowest BCUT2D eigenvalue weighted by Gasteiger charge is -2.32. The van der Waals surface area contributed by atoms with Gasteiger partial charge >= 0.3 is 0 Å². The quantitative estimate of drug-likeness (QED) is 0.839. The Bertz CT molecular complexity index is 555. The van der Waals surface area contributed by atoms with Gasteiger partial charge in [-0.25, -0.2) is 4.63 Å². The molecule has 0 N–H and O–H groups in total. The molecule has 3 rings (SSSR count). The molecule has 1 saturated heterocycles. The normalized spacial score (nSPS) is 20.6. The largest absolute Gasteiger partial charge is 0.377 e. The van der Waals surface area contributed by atoms with Crippen LogP contribution in [-0.4, -0.2) is 41.0 Å². The summed E-state index contributed by atoms with van der Waals surface area (Å²) in [6.07, 6.45) is 3.83. The molecule has 0 spiro atoms. The zero-order valence-corrected chi connectivity index (χ0v) is 11.9. The van der Waals surface area contributed by atoms with Gasteiger partial charge in [-0.2, -0.15) is 0 Å². The van der Waals surface area contributed by atoms with E-state index in [-0.39, 0.29) is 0 Å². The van der Waals surface area contributed by atoms with E-state index in [4.69, 9.17) is 9.37 Å². The number of hydrogen-bond acceptors (Lipinski definition) is 5. The molecule has 0 saturated carbocycles. The van der Waals surface area contributed by atoms with Crippen LogP contribution in [-0.2, 0) is 11.3 Å².